The largest absolute Gasteiger partial charge is 0.382 e. The number of hydrogen-bond donors (Lipinski definition) is 1. The molecule has 1 aromatic heterocycles. The van der Waals surface area contributed by atoms with Crippen molar-refractivity contribution in [1.29, 1.82) is 0 Å². The number of nitrogens with zero attached hydrogens (tertiary/aromatic N) is 2. The molecule has 0 amide bonds. The van der Waals surface area contributed by atoms with Gasteiger partial charge in [-0.05, 0) is 42.3 Å². The number of halogens is 1. The Bertz CT molecular complexity index is 354. The van der Waals surface area contributed by atoms with E-state index in [1.165, 1.54) is 0 Å². The van der Waals surface area contributed by atoms with E-state index in [0.29, 0.717) is 6.04 Å². The fourth-order valence-electron chi connectivity index (χ4n) is 2.03. The molecule has 0 spiro atoms. The lowest BCUT2D eigenvalue weighted by Gasteiger charge is -2.27. The number of anilines is 2. The molecule has 1 aliphatic rings. The second-order valence-electron chi connectivity index (χ2n) is 3.88. The van der Waals surface area contributed by atoms with Crippen LogP contribution in [0.25, 0.3) is 0 Å². The highest BCUT2D eigenvalue weighted by Crippen LogP contribution is 2.30. The summed E-state index contributed by atoms with van der Waals surface area (Å²) >= 11 is 3.45. The van der Waals surface area contributed by atoms with Crippen molar-refractivity contribution >= 4 is 27.4 Å². The minimum absolute atomic E-state index is 0.553. The highest BCUT2D eigenvalue weighted by Gasteiger charge is 2.20. The van der Waals surface area contributed by atoms with Crippen molar-refractivity contribution in [3.8, 4) is 0 Å². The van der Waals surface area contributed by atoms with Gasteiger partial charge in [0, 0.05) is 29.8 Å². The zero-order chi connectivity index (χ0) is 10.8. The monoisotopic (exact) mass is 269 g/mol. The third-order valence-electron chi connectivity index (χ3n) is 2.86. The van der Waals surface area contributed by atoms with Crippen molar-refractivity contribution in [1.82, 2.24) is 4.98 Å². The van der Waals surface area contributed by atoms with E-state index in [2.05, 4.69) is 51.0 Å². The third-order valence-corrected chi connectivity index (χ3v) is 3.29. The molecule has 1 N–H and O–H groups in total. The average Bonchev–Trinajstić information content (AvgIpc) is 2.36. The maximum absolute atomic E-state index is 4.50. The molecule has 1 atom stereocenters. The van der Waals surface area contributed by atoms with Gasteiger partial charge in [-0.15, -0.1) is 0 Å². The fourth-order valence-corrected chi connectivity index (χ4v) is 2.36. The normalized spacial score (nSPS) is 20.5. The number of rotatable bonds is 1. The van der Waals surface area contributed by atoms with Gasteiger partial charge in [-0.25, -0.2) is 4.98 Å². The standard InChI is InChI=1S/C11H16BrN3/c1-3-15-8(2)4-5-13-10-6-9(12)7-14-11(10)15/h6-8,13H,3-5H2,1-2H3. The molecule has 1 unspecified atom stereocenters. The van der Waals surface area contributed by atoms with Crippen LogP contribution in [0.3, 0.4) is 0 Å². The molecule has 1 aliphatic heterocycles. The van der Waals surface area contributed by atoms with Gasteiger partial charge in [0.1, 0.15) is 0 Å². The Morgan fingerprint density at radius 3 is 3.20 bits per heavy atom. The Kier molecular flexibility index (Phi) is 3.14. The van der Waals surface area contributed by atoms with Crippen molar-refractivity contribution in [2.45, 2.75) is 26.3 Å². The molecule has 0 saturated carbocycles. The average molecular weight is 270 g/mol. The maximum Gasteiger partial charge on any atom is 0.152 e. The summed E-state index contributed by atoms with van der Waals surface area (Å²) in [6.07, 6.45) is 3.02. The summed E-state index contributed by atoms with van der Waals surface area (Å²) in [6, 6.07) is 2.65. The molecule has 3 nitrogen and oxygen atoms in total. The van der Waals surface area contributed by atoms with Crippen LogP contribution < -0.4 is 10.2 Å². The van der Waals surface area contributed by atoms with Crippen LogP contribution in [0.1, 0.15) is 20.3 Å². The molecule has 2 rings (SSSR count). The van der Waals surface area contributed by atoms with Crippen LogP contribution in [0.15, 0.2) is 16.7 Å². The number of hydrogen-bond acceptors (Lipinski definition) is 3. The first-order valence-corrected chi connectivity index (χ1v) is 6.17. The summed E-state index contributed by atoms with van der Waals surface area (Å²) in [7, 11) is 0. The maximum atomic E-state index is 4.50. The third kappa shape index (κ3) is 2.09. The Morgan fingerprint density at radius 1 is 1.67 bits per heavy atom. The van der Waals surface area contributed by atoms with Crippen LogP contribution in [-0.4, -0.2) is 24.1 Å². The van der Waals surface area contributed by atoms with Crippen LogP contribution in [0.4, 0.5) is 11.5 Å². The lowest BCUT2D eigenvalue weighted by molar-refractivity contribution is 0.621. The molecule has 0 fully saturated rings. The van der Waals surface area contributed by atoms with E-state index in [0.717, 1.165) is 35.5 Å². The van der Waals surface area contributed by atoms with Crippen LogP contribution in [0.5, 0.6) is 0 Å². The van der Waals surface area contributed by atoms with Crippen molar-refractivity contribution in [2.24, 2.45) is 0 Å². The molecular formula is C11H16BrN3. The van der Waals surface area contributed by atoms with Gasteiger partial charge in [0.25, 0.3) is 0 Å². The van der Waals surface area contributed by atoms with Crippen molar-refractivity contribution < 1.29 is 0 Å². The molecular weight excluding hydrogens is 254 g/mol. The van der Waals surface area contributed by atoms with Crippen molar-refractivity contribution in [3.05, 3.63) is 16.7 Å². The van der Waals surface area contributed by atoms with Gasteiger partial charge in [0.05, 0.1) is 5.69 Å². The van der Waals surface area contributed by atoms with Crippen molar-refractivity contribution in [3.63, 3.8) is 0 Å². The zero-order valence-electron chi connectivity index (χ0n) is 9.13. The van der Waals surface area contributed by atoms with Gasteiger partial charge in [-0.2, -0.15) is 0 Å². The lowest BCUT2D eigenvalue weighted by atomic mass is 10.2. The number of fused-ring (bicyclic) bond motifs is 1. The van der Waals surface area contributed by atoms with E-state index in [9.17, 15) is 0 Å². The number of nitrogens with one attached hydrogen (secondary N) is 1. The van der Waals surface area contributed by atoms with Gasteiger partial charge in [0.15, 0.2) is 5.82 Å². The predicted octanol–water partition coefficient (Wildman–Crippen LogP) is 2.87. The van der Waals surface area contributed by atoms with E-state index >= 15 is 0 Å². The van der Waals surface area contributed by atoms with Crippen LogP contribution in [-0.2, 0) is 0 Å². The SMILES string of the molecule is CCN1c2ncc(Br)cc2NCCC1C. The molecule has 4 heteroatoms. The van der Waals surface area contributed by atoms with Gasteiger partial charge in [0.2, 0.25) is 0 Å². The van der Waals surface area contributed by atoms with Crippen LogP contribution in [0.2, 0.25) is 0 Å². The summed E-state index contributed by atoms with van der Waals surface area (Å²) in [6.45, 7) is 6.45. The molecule has 0 aromatic carbocycles. The highest BCUT2D eigenvalue weighted by molar-refractivity contribution is 9.10. The Labute approximate surface area is 99.0 Å². The lowest BCUT2D eigenvalue weighted by Crippen LogP contribution is -2.32. The molecule has 0 bridgehead atoms. The molecule has 1 aromatic rings. The van der Waals surface area contributed by atoms with E-state index < -0.39 is 0 Å². The van der Waals surface area contributed by atoms with Gasteiger partial charge in [-0.3, -0.25) is 0 Å². The molecule has 0 radical (unpaired) electrons. The van der Waals surface area contributed by atoms with E-state index in [1.807, 2.05) is 6.20 Å². The predicted molar refractivity (Wildman–Crippen MR) is 67.5 cm³/mol. The second kappa shape index (κ2) is 4.39. The number of pyridine rings is 1. The Balaban J connectivity index is 2.43. The second-order valence-corrected chi connectivity index (χ2v) is 4.79. The minimum Gasteiger partial charge on any atom is -0.382 e. The van der Waals surface area contributed by atoms with Gasteiger partial charge in [-0.1, -0.05) is 0 Å². The molecule has 82 valence electrons. The quantitative estimate of drug-likeness (QED) is 0.850. The first kappa shape index (κ1) is 10.7. The molecule has 15 heavy (non-hydrogen) atoms. The van der Waals surface area contributed by atoms with E-state index in [1.54, 1.807) is 0 Å². The molecule has 0 aliphatic carbocycles. The summed E-state index contributed by atoms with van der Waals surface area (Å²) < 4.78 is 1.03. The topological polar surface area (TPSA) is 28.2 Å². The summed E-state index contributed by atoms with van der Waals surface area (Å²) in [5.74, 6) is 1.07. The van der Waals surface area contributed by atoms with E-state index in [4.69, 9.17) is 0 Å². The van der Waals surface area contributed by atoms with Crippen molar-refractivity contribution in [2.75, 3.05) is 23.3 Å². The van der Waals surface area contributed by atoms with Gasteiger partial charge < -0.3 is 10.2 Å². The Hall–Kier alpha value is -0.770. The molecule has 2 heterocycles. The number of aromatic nitrogens is 1. The Morgan fingerprint density at radius 2 is 2.47 bits per heavy atom. The van der Waals surface area contributed by atoms with E-state index in [-0.39, 0.29) is 0 Å². The first-order chi connectivity index (χ1) is 7.22. The van der Waals surface area contributed by atoms with Crippen LogP contribution >= 0.6 is 15.9 Å². The summed E-state index contributed by atoms with van der Waals surface area (Å²) in [5, 5.41) is 3.43. The zero-order valence-corrected chi connectivity index (χ0v) is 10.7. The summed E-state index contributed by atoms with van der Waals surface area (Å²) in [5.41, 5.74) is 1.13. The van der Waals surface area contributed by atoms with Crippen LogP contribution in [0, 0.1) is 0 Å². The van der Waals surface area contributed by atoms with Gasteiger partial charge >= 0.3 is 0 Å². The highest BCUT2D eigenvalue weighted by atomic mass is 79.9. The smallest absolute Gasteiger partial charge is 0.152 e. The minimum atomic E-state index is 0.553. The molecule has 0 saturated heterocycles. The first-order valence-electron chi connectivity index (χ1n) is 5.38. The fraction of sp³-hybridized carbons (Fsp3) is 0.545. The summed E-state index contributed by atoms with van der Waals surface area (Å²) in [4.78, 5) is 6.85.